The van der Waals surface area contributed by atoms with Gasteiger partial charge in [0.1, 0.15) is 5.60 Å². The summed E-state index contributed by atoms with van der Waals surface area (Å²) >= 11 is 0. The third-order valence-corrected chi connectivity index (χ3v) is 2.05. The maximum Gasteiger partial charge on any atom is 0.130 e. The molecule has 66 valence electrons. The van der Waals surface area contributed by atoms with E-state index in [0.717, 1.165) is 0 Å². The number of allylic oxidation sites excluding steroid dienone is 2. The second-order valence-corrected chi connectivity index (χ2v) is 3.01. The Morgan fingerprint density at radius 3 is 2.85 bits per heavy atom. The van der Waals surface area contributed by atoms with Gasteiger partial charge in [0.2, 0.25) is 0 Å². The van der Waals surface area contributed by atoms with E-state index in [2.05, 4.69) is 9.97 Å². The van der Waals surface area contributed by atoms with Gasteiger partial charge in [-0.1, -0.05) is 18.2 Å². The van der Waals surface area contributed by atoms with Crippen molar-refractivity contribution >= 4 is 0 Å². The van der Waals surface area contributed by atoms with Crippen molar-refractivity contribution in [2.75, 3.05) is 0 Å². The standard InChI is InChI=1S/C10H10N2O/c13-10(4-2-1-3-5-10)9-8-11-6-7-12-9/h1-4,6-8,13H,5H2. The molecule has 0 amide bonds. The zero-order chi connectivity index (χ0) is 9.15. The van der Waals surface area contributed by atoms with Crippen LogP contribution in [-0.2, 0) is 5.60 Å². The van der Waals surface area contributed by atoms with Gasteiger partial charge in [0.25, 0.3) is 0 Å². The molecule has 1 aliphatic carbocycles. The zero-order valence-corrected chi connectivity index (χ0v) is 7.09. The lowest BCUT2D eigenvalue weighted by Crippen LogP contribution is -2.24. The molecule has 1 aromatic rings. The Hall–Kier alpha value is -1.48. The molecule has 13 heavy (non-hydrogen) atoms. The number of rotatable bonds is 1. The van der Waals surface area contributed by atoms with Gasteiger partial charge in [-0.2, -0.15) is 0 Å². The number of nitrogens with zero attached hydrogens (tertiary/aromatic N) is 2. The summed E-state index contributed by atoms with van der Waals surface area (Å²) in [7, 11) is 0. The van der Waals surface area contributed by atoms with Crippen LogP contribution in [0.1, 0.15) is 12.1 Å². The summed E-state index contributed by atoms with van der Waals surface area (Å²) in [4.78, 5) is 8.00. The maximum absolute atomic E-state index is 10.1. The first-order valence-electron chi connectivity index (χ1n) is 4.14. The van der Waals surface area contributed by atoms with Crippen LogP contribution in [0.2, 0.25) is 0 Å². The largest absolute Gasteiger partial charge is 0.379 e. The molecule has 0 aliphatic heterocycles. The molecule has 0 aromatic carbocycles. The van der Waals surface area contributed by atoms with Crippen molar-refractivity contribution in [2.45, 2.75) is 12.0 Å². The van der Waals surface area contributed by atoms with Crippen molar-refractivity contribution in [1.82, 2.24) is 9.97 Å². The summed E-state index contributed by atoms with van der Waals surface area (Å²) in [6.45, 7) is 0. The average Bonchev–Trinajstić information content (AvgIpc) is 2.20. The minimum Gasteiger partial charge on any atom is -0.379 e. The predicted molar refractivity (Wildman–Crippen MR) is 48.8 cm³/mol. The fourth-order valence-corrected chi connectivity index (χ4v) is 1.32. The molecule has 0 radical (unpaired) electrons. The lowest BCUT2D eigenvalue weighted by Gasteiger charge is -2.23. The van der Waals surface area contributed by atoms with Gasteiger partial charge in [-0.05, 0) is 6.08 Å². The molecule has 2 rings (SSSR count). The van der Waals surface area contributed by atoms with Crippen LogP contribution in [0, 0.1) is 0 Å². The number of aromatic nitrogens is 2. The van der Waals surface area contributed by atoms with Crippen LogP contribution in [0.5, 0.6) is 0 Å². The SMILES string of the molecule is OC1(c2cnccn2)C=CC=CC1. The highest BCUT2D eigenvalue weighted by molar-refractivity contribution is 5.25. The summed E-state index contributed by atoms with van der Waals surface area (Å²) < 4.78 is 0. The molecule has 0 saturated heterocycles. The van der Waals surface area contributed by atoms with Crippen LogP contribution in [-0.4, -0.2) is 15.1 Å². The molecule has 3 nitrogen and oxygen atoms in total. The van der Waals surface area contributed by atoms with Gasteiger partial charge in [-0.15, -0.1) is 0 Å². The van der Waals surface area contributed by atoms with Crippen molar-refractivity contribution in [1.29, 1.82) is 0 Å². The van der Waals surface area contributed by atoms with Crippen molar-refractivity contribution in [3.63, 3.8) is 0 Å². The smallest absolute Gasteiger partial charge is 0.130 e. The third kappa shape index (κ3) is 1.51. The van der Waals surface area contributed by atoms with E-state index < -0.39 is 5.60 Å². The molecule has 1 aliphatic rings. The molecule has 0 saturated carbocycles. The third-order valence-electron chi connectivity index (χ3n) is 2.05. The first-order chi connectivity index (χ1) is 6.31. The molecule has 1 atom stereocenters. The topological polar surface area (TPSA) is 46.0 Å². The molecule has 1 unspecified atom stereocenters. The Balaban J connectivity index is 2.35. The van der Waals surface area contributed by atoms with E-state index in [0.29, 0.717) is 12.1 Å². The predicted octanol–water partition coefficient (Wildman–Crippen LogP) is 1.18. The van der Waals surface area contributed by atoms with E-state index >= 15 is 0 Å². The second-order valence-electron chi connectivity index (χ2n) is 3.01. The van der Waals surface area contributed by atoms with Crippen molar-refractivity contribution in [3.05, 3.63) is 48.6 Å². The molecule has 1 heterocycles. The summed E-state index contributed by atoms with van der Waals surface area (Å²) in [5, 5.41) is 10.1. The van der Waals surface area contributed by atoms with Crippen LogP contribution < -0.4 is 0 Å². The molecule has 1 aromatic heterocycles. The Morgan fingerprint density at radius 2 is 2.23 bits per heavy atom. The van der Waals surface area contributed by atoms with Gasteiger partial charge in [0.15, 0.2) is 0 Å². The Morgan fingerprint density at radius 1 is 1.31 bits per heavy atom. The van der Waals surface area contributed by atoms with Crippen LogP contribution >= 0.6 is 0 Å². The zero-order valence-electron chi connectivity index (χ0n) is 7.09. The van der Waals surface area contributed by atoms with Gasteiger partial charge in [-0.25, -0.2) is 0 Å². The van der Waals surface area contributed by atoms with Gasteiger partial charge >= 0.3 is 0 Å². The minimum atomic E-state index is -0.969. The lowest BCUT2D eigenvalue weighted by molar-refractivity contribution is 0.0864. The van der Waals surface area contributed by atoms with E-state index in [1.165, 1.54) is 0 Å². The van der Waals surface area contributed by atoms with Crippen LogP contribution in [0.3, 0.4) is 0 Å². The van der Waals surface area contributed by atoms with Gasteiger partial charge in [-0.3, -0.25) is 9.97 Å². The fraction of sp³-hybridized carbons (Fsp3) is 0.200. The van der Waals surface area contributed by atoms with E-state index in [4.69, 9.17) is 0 Å². The molecule has 0 spiro atoms. The van der Waals surface area contributed by atoms with E-state index in [9.17, 15) is 5.11 Å². The van der Waals surface area contributed by atoms with Gasteiger partial charge < -0.3 is 5.11 Å². The van der Waals surface area contributed by atoms with Crippen molar-refractivity contribution < 1.29 is 5.11 Å². The van der Waals surface area contributed by atoms with E-state index in [-0.39, 0.29) is 0 Å². The second kappa shape index (κ2) is 3.11. The fourth-order valence-electron chi connectivity index (χ4n) is 1.32. The van der Waals surface area contributed by atoms with Gasteiger partial charge in [0, 0.05) is 18.8 Å². The summed E-state index contributed by atoms with van der Waals surface area (Å²) in [6.07, 6.45) is 12.7. The van der Waals surface area contributed by atoms with E-state index in [1.807, 2.05) is 18.2 Å². The first-order valence-corrected chi connectivity index (χ1v) is 4.14. The summed E-state index contributed by atoms with van der Waals surface area (Å²) in [6, 6.07) is 0. The molecule has 1 N–H and O–H groups in total. The van der Waals surface area contributed by atoms with Crippen molar-refractivity contribution in [3.8, 4) is 0 Å². The van der Waals surface area contributed by atoms with Gasteiger partial charge in [0.05, 0.1) is 11.9 Å². The van der Waals surface area contributed by atoms with Crippen molar-refractivity contribution in [2.24, 2.45) is 0 Å². The van der Waals surface area contributed by atoms with E-state index in [1.54, 1.807) is 24.7 Å². The summed E-state index contributed by atoms with van der Waals surface area (Å²) in [5.41, 5.74) is -0.376. The molecule has 0 bridgehead atoms. The molecule has 3 heteroatoms. The minimum absolute atomic E-state index is 0.558. The Kier molecular flexibility index (Phi) is 1.94. The van der Waals surface area contributed by atoms with Crippen LogP contribution in [0.25, 0.3) is 0 Å². The number of hydrogen-bond donors (Lipinski definition) is 1. The Labute approximate surface area is 76.5 Å². The monoisotopic (exact) mass is 174 g/mol. The number of aliphatic hydroxyl groups is 1. The highest BCUT2D eigenvalue weighted by Gasteiger charge is 2.27. The molecular weight excluding hydrogens is 164 g/mol. The normalized spacial score (nSPS) is 26.2. The Bertz CT molecular complexity index is 345. The lowest BCUT2D eigenvalue weighted by atomic mass is 9.92. The number of hydrogen-bond acceptors (Lipinski definition) is 3. The highest BCUT2D eigenvalue weighted by Crippen LogP contribution is 2.26. The summed E-state index contributed by atoms with van der Waals surface area (Å²) in [5.74, 6) is 0. The van der Waals surface area contributed by atoms with Crippen LogP contribution in [0.4, 0.5) is 0 Å². The van der Waals surface area contributed by atoms with Crippen LogP contribution in [0.15, 0.2) is 42.9 Å². The first kappa shape index (κ1) is 8.13. The average molecular weight is 174 g/mol. The quantitative estimate of drug-likeness (QED) is 0.695. The maximum atomic E-state index is 10.1. The highest BCUT2D eigenvalue weighted by atomic mass is 16.3. The molecule has 0 fully saturated rings. The molecular formula is C10H10N2O.